The van der Waals surface area contributed by atoms with Crippen molar-refractivity contribution in [1.82, 2.24) is 24.1 Å². The van der Waals surface area contributed by atoms with Crippen molar-refractivity contribution in [2.75, 3.05) is 0 Å². The lowest BCUT2D eigenvalue weighted by atomic mass is 10.1. The Morgan fingerprint density at radius 1 is 0.906 bits per heavy atom. The van der Waals surface area contributed by atoms with Gasteiger partial charge in [-0.05, 0) is 36.2 Å². The average Bonchev–Trinajstić information content (AvgIpc) is 3.22. The summed E-state index contributed by atoms with van der Waals surface area (Å²) in [4.78, 5) is 17.3. The Morgan fingerprint density at radius 3 is 2.44 bits per heavy atom. The van der Waals surface area contributed by atoms with E-state index in [4.69, 9.17) is 4.98 Å². The molecule has 0 bridgehead atoms. The highest BCUT2D eigenvalue weighted by Crippen LogP contribution is 2.26. The molecule has 0 atom stereocenters. The van der Waals surface area contributed by atoms with Gasteiger partial charge in [-0.15, -0.1) is 10.2 Å². The van der Waals surface area contributed by atoms with Crippen LogP contribution in [-0.4, -0.2) is 24.1 Å². The molecule has 3 aromatic heterocycles. The van der Waals surface area contributed by atoms with Crippen molar-refractivity contribution in [3.8, 4) is 5.69 Å². The number of hydrogen-bond acceptors (Lipinski definition) is 5. The second kappa shape index (κ2) is 8.80. The maximum Gasteiger partial charge on any atom is 0.258 e. The second-order valence-corrected chi connectivity index (χ2v) is 8.43. The zero-order valence-electron chi connectivity index (χ0n) is 17.5. The molecule has 3 heterocycles. The quantitative estimate of drug-likeness (QED) is 0.365. The highest BCUT2D eigenvalue weighted by Gasteiger charge is 2.16. The van der Waals surface area contributed by atoms with Crippen LogP contribution < -0.4 is 5.56 Å². The van der Waals surface area contributed by atoms with Crippen LogP contribution in [0.3, 0.4) is 0 Å². The van der Waals surface area contributed by atoms with Crippen LogP contribution in [0.4, 0.5) is 0 Å². The number of benzene rings is 2. The van der Waals surface area contributed by atoms with E-state index in [0.29, 0.717) is 17.8 Å². The molecule has 5 rings (SSSR count). The molecule has 0 saturated heterocycles. The Bertz CT molecular complexity index is 1430. The Hall–Kier alpha value is -3.71. The minimum Gasteiger partial charge on any atom is -0.274 e. The molecule has 5 aromatic rings. The summed E-state index contributed by atoms with van der Waals surface area (Å²) >= 11 is 1.53. The fourth-order valence-corrected chi connectivity index (χ4v) is 4.51. The Labute approximate surface area is 189 Å². The van der Waals surface area contributed by atoms with E-state index < -0.39 is 0 Å². The van der Waals surface area contributed by atoms with E-state index in [0.717, 1.165) is 27.9 Å². The van der Waals surface area contributed by atoms with Crippen LogP contribution in [0.15, 0.2) is 95.0 Å². The summed E-state index contributed by atoms with van der Waals surface area (Å²) in [6.07, 6.45) is 2.43. The first-order valence-electron chi connectivity index (χ1n) is 10.3. The number of nitrogens with zero attached hydrogens (tertiary/aromatic N) is 5. The van der Waals surface area contributed by atoms with Crippen LogP contribution >= 0.6 is 11.8 Å². The second-order valence-electron chi connectivity index (χ2n) is 7.49. The van der Waals surface area contributed by atoms with Crippen molar-refractivity contribution in [1.29, 1.82) is 0 Å². The molecule has 0 aliphatic rings. The average molecular weight is 440 g/mol. The third-order valence-electron chi connectivity index (χ3n) is 5.21. The number of para-hydroxylation sites is 1. The number of aromatic nitrogens is 5. The molecule has 0 aliphatic heterocycles. The number of pyridine rings is 1. The van der Waals surface area contributed by atoms with E-state index in [9.17, 15) is 4.79 Å². The number of rotatable bonds is 6. The van der Waals surface area contributed by atoms with Crippen molar-refractivity contribution in [2.24, 2.45) is 0 Å². The summed E-state index contributed by atoms with van der Waals surface area (Å²) in [5.41, 5.74) is 4.48. The van der Waals surface area contributed by atoms with Crippen LogP contribution in [0.5, 0.6) is 0 Å². The van der Waals surface area contributed by atoms with Gasteiger partial charge in [-0.3, -0.25) is 13.8 Å². The van der Waals surface area contributed by atoms with E-state index in [1.807, 2.05) is 67.6 Å². The summed E-state index contributed by atoms with van der Waals surface area (Å²) in [5.74, 6) is 1.39. The van der Waals surface area contributed by atoms with Gasteiger partial charge in [0.15, 0.2) is 5.16 Å². The van der Waals surface area contributed by atoms with Crippen molar-refractivity contribution >= 4 is 17.4 Å². The van der Waals surface area contributed by atoms with Crippen LogP contribution in [0, 0.1) is 6.92 Å². The summed E-state index contributed by atoms with van der Waals surface area (Å²) in [6, 6.07) is 25.7. The van der Waals surface area contributed by atoms with E-state index in [2.05, 4.69) is 26.9 Å². The van der Waals surface area contributed by atoms with Gasteiger partial charge < -0.3 is 0 Å². The zero-order valence-corrected chi connectivity index (χ0v) is 18.4. The SMILES string of the molecule is Cc1cccn2c(=O)cc(CSc3nnc(Cc4ccccc4)n3-c3ccccc3)nc12. The molecule has 0 spiro atoms. The highest BCUT2D eigenvalue weighted by molar-refractivity contribution is 7.98. The number of aryl methyl sites for hydroxylation is 1. The van der Waals surface area contributed by atoms with Crippen molar-refractivity contribution in [3.63, 3.8) is 0 Å². The van der Waals surface area contributed by atoms with Gasteiger partial charge in [-0.2, -0.15) is 0 Å². The van der Waals surface area contributed by atoms with Gasteiger partial charge in [0.25, 0.3) is 5.56 Å². The van der Waals surface area contributed by atoms with E-state index in [1.54, 1.807) is 16.7 Å². The first-order valence-corrected chi connectivity index (χ1v) is 11.3. The van der Waals surface area contributed by atoms with Crippen LogP contribution in [-0.2, 0) is 12.2 Å². The van der Waals surface area contributed by atoms with Gasteiger partial charge in [0, 0.05) is 30.1 Å². The zero-order chi connectivity index (χ0) is 21.9. The van der Waals surface area contributed by atoms with Crippen LogP contribution in [0.25, 0.3) is 11.3 Å². The molecule has 6 nitrogen and oxygen atoms in total. The minimum absolute atomic E-state index is 0.0800. The van der Waals surface area contributed by atoms with Crippen molar-refractivity contribution < 1.29 is 0 Å². The molecule has 0 fully saturated rings. The first kappa shape index (κ1) is 20.2. The van der Waals surface area contributed by atoms with E-state index in [1.165, 1.54) is 17.3 Å². The maximum atomic E-state index is 12.5. The third-order valence-corrected chi connectivity index (χ3v) is 6.17. The third kappa shape index (κ3) is 4.07. The molecule has 158 valence electrons. The van der Waals surface area contributed by atoms with Crippen LogP contribution in [0.1, 0.15) is 22.6 Å². The lowest BCUT2D eigenvalue weighted by Crippen LogP contribution is -2.15. The van der Waals surface area contributed by atoms with Gasteiger partial charge >= 0.3 is 0 Å². The normalized spacial score (nSPS) is 11.2. The number of thioether (sulfide) groups is 1. The molecule has 0 radical (unpaired) electrons. The molecule has 0 saturated carbocycles. The standard InChI is InChI=1S/C25H21N5OS/c1-18-9-8-14-29-23(31)16-20(26-24(18)29)17-32-25-28-27-22(15-19-10-4-2-5-11-19)30(25)21-12-6-3-7-13-21/h2-14,16H,15,17H2,1H3. The largest absolute Gasteiger partial charge is 0.274 e. The monoisotopic (exact) mass is 439 g/mol. The van der Waals surface area contributed by atoms with Gasteiger partial charge in [0.2, 0.25) is 0 Å². The molecule has 7 heteroatoms. The van der Waals surface area contributed by atoms with Gasteiger partial charge in [0.1, 0.15) is 11.5 Å². The lowest BCUT2D eigenvalue weighted by Gasteiger charge is -2.10. The van der Waals surface area contributed by atoms with Crippen LogP contribution in [0.2, 0.25) is 0 Å². The molecule has 0 unspecified atom stereocenters. The fraction of sp³-hybridized carbons (Fsp3) is 0.120. The summed E-state index contributed by atoms with van der Waals surface area (Å²) < 4.78 is 3.66. The highest BCUT2D eigenvalue weighted by atomic mass is 32.2. The smallest absolute Gasteiger partial charge is 0.258 e. The molecular weight excluding hydrogens is 418 g/mol. The summed E-state index contributed by atoms with van der Waals surface area (Å²) in [5, 5.41) is 9.73. The molecule has 32 heavy (non-hydrogen) atoms. The van der Waals surface area contributed by atoms with Gasteiger partial charge in [0.05, 0.1) is 5.69 Å². The minimum atomic E-state index is -0.0800. The lowest BCUT2D eigenvalue weighted by molar-refractivity contribution is 0.847. The van der Waals surface area contributed by atoms with Gasteiger partial charge in [-0.1, -0.05) is 66.4 Å². The number of fused-ring (bicyclic) bond motifs is 1. The van der Waals surface area contributed by atoms with Crippen molar-refractivity contribution in [2.45, 2.75) is 24.3 Å². The maximum absolute atomic E-state index is 12.5. The Morgan fingerprint density at radius 2 is 1.66 bits per heavy atom. The summed E-state index contributed by atoms with van der Waals surface area (Å²) in [7, 11) is 0. The predicted molar refractivity (Wildman–Crippen MR) is 126 cm³/mol. The Balaban J connectivity index is 1.48. The van der Waals surface area contributed by atoms with Gasteiger partial charge in [-0.25, -0.2) is 4.98 Å². The predicted octanol–water partition coefficient (Wildman–Crippen LogP) is 4.47. The van der Waals surface area contributed by atoms with Crippen molar-refractivity contribution in [3.05, 3.63) is 118 Å². The van der Waals surface area contributed by atoms with E-state index >= 15 is 0 Å². The molecule has 0 N–H and O–H groups in total. The molecule has 2 aromatic carbocycles. The molecule has 0 amide bonds. The summed E-state index contributed by atoms with van der Waals surface area (Å²) in [6.45, 7) is 1.96. The Kier molecular flexibility index (Phi) is 5.56. The first-order chi connectivity index (χ1) is 15.7. The fourth-order valence-electron chi connectivity index (χ4n) is 3.64. The molecular formula is C25H21N5OS. The molecule has 0 aliphatic carbocycles. The van der Waals surface area contributed by atoms with E-state index in [-0.39, 0.29) is 5.56 Å². The number of hydrogen-bond donors (Lipinski definition) is 0. The topological polar surface area (TPSA) is 65.1 Å².